The monoisotopic (exact) mass is 339 g/mol. The molecule has 0 saturated carbocycles. The van der Waals surface area contributed by atoms with Crippen LogP contribution in [0.1, 0.15) is 53.4 Å². The molecule has 2 fully saturated rings. The lowest BCUT2D eigenvalue weighted by Gasteiger charge is -2.37. The van der Waals surface area contributed by atoms with E-state index in [0.717, 1.165) is 18.6 Å². The highest BCUT2D eigenvalue weighted by Crippen LogP contribution is 2.22. The predicted molar refractivity (Wildman–Crippen MR) is 103 cm³/mol. The van der Waals surface area contributed by atoms with Crippen molar-refractivity contribution in [3.8, 4) is 0 Å². The molecule has 0 aromatic rings. The van der Waals surface area contributed by atoms with E-state index >= 15 is 0 Å². The molecule has 0 aromatic carbocycles. The van der Waals surface area contributed by atoms with Crippen molar-refractivity contribution in [2.45, 2.75) is 65.5 Å². The molecule has 2 saturated heterocycles. The third kappa shape index (κ3) is 7.38. The van der Waals surface area contributed by atoms with Crippen LogP contribution < -0.4 is 0 Å². The molecule has 2 aliphatic rings. The fourth-order valence-electron chi connectivity index (χ4n) is 3.97. The molecule has 0 bridgehead atoms. The summed E-state index contributed by atoms with van der Waals surface area (Å²) in [6.45, 7) is 20.0. The van der Waals surface area contributed by atoms with Crippen LogP contribution in [0.5, 0.6) is 0 Å². The zero-order chi connectivity index (χ0) is 17.4. The van der Waals surface area contributed by atoms with Gasteiger partial charge in [-0.25, -0.2) is 0 Å². The van der Waals surface area contributed by atoms with E-state index in [9.17, 15) is 0 Å². The number of piperazine rings is 1. The number of rotatable bonds is 9. The molecule has 0 aliphatic carbocycles. The molecule has 0 radical (unpaired) electrons. The van der Waals surface area contributed by atoms with Crippen molar-refractivity contribution in [1.82, 2.24) is 14.7 Å². The molecule has 2 aliphatic heterocycles. The number of likely N-dealkylation sites (tertiary alicyclic amines) is 1. The topological polar surface area (TPSA) is 19.0 Å². The van der Waals surface area contributed by atoms with Crippen LogP contribution in [0.3, 0.4) is 0 Å². The minimum Gasteiger partial charge on any atom is -0.379 e. The molecule has 0 aromatic heterocycles. The lowest BCUT2D eigenvalue weighted by Crippen LogP contribution is -2.47. The Bertz CT molecular complexity index is 319. The minimum absolute atomic E-state index is 0.370. The Kier molecular flexibility index (Phi) is 9.02. The van der Waals surface area contributed by atoms with Crippen LogP contribution in [-0.2, 0) is 4.74 Å². The van der Waals surface area contributed by atoms with Crippen LogP contribution in [0.4, 0.5) is 0 Å². The number of nitrogens with zero attached hydrogens (tertiary/aromatic N) is 3. The van der Waals surface area contributed by atoms with Gasteiger partial charge in [-0.15, -0.1) is 0 Å². The Hall–Kier alpha value is -0.160. The van der Waals surface area contributed by atoms with Crippen LogP contribution in [0.2, 0.25) is 0 Å². The van der Waals surface area contributed by atoms with Crippen molar-refractivity contribution < 1.29 is 4.74 Å². The van der Waals surface area contributed by atoms with Crippen LogP contribution >= 0.6 is 0 Å². The van der Waals surface area contributed by atoms with Gasteiger partial charge >= 0.3 is 0 Å². The van der Waals surface area contributed by atoms with Crippen molar-refractivity contribution in [3.63, 3.8) is 0 Å². The maximum atomic E-state index is 5.64. The van der Waals surface area contributed by atoms with Gasteiger partial charge in [-0.05, 0) is 78.9 Å². The standard InChI is InChI=1S/C20H41N3O/c1-18(2)23-11-7-20(8-12-23)6-10-22-15-13-21(14-16-22)9-5-17-24-19(3)4/h18-20H,5-17H2,1-4H3. The smallest absolute Gasteiger partial charge is 0.0518 e. The number of ether oxygens (including phenoxy) is 1. The van der Waals surface area contributed by atoms with E-state index in [1.54, 1.807) is 0 Å². The normalized spacial score (nSPS) is 22.8. The van der Waals surface area contributed by atoms with Crippen LogP contribution in [-0.4, -0.2) is 85.8 Å². The second kappa shape index (κ2) is 10.7. The molecular formula is C20H41N3O. The predicted octanol–water partition coefficient (Wildman–Crippen LogP) is 2.93. The van der Waals surface area contributed by atoms with Gasteiger partial charge < -0.3 is 19.4 Å². The third-order valence-corrected chi connectivity index (χ3v) is 5.77. The van der Waals surface area contributed by atoms with E-state index < -0.39 is 0 Å². The van der Waals surface area contributed by atoms with Gasteiger partial charge in [0.15, 0.2) is 0 Å². The fourth-order valence-corrected chi connectivity index (χ4v) is 3.97. The van der Waals surface area contributed by atoms with Crippen molar-refractivity contribution in [1.29, 1.82) is 0 Å². The lowest BCUT2D eigenvalue weighted by molar-refractivity contribution is 0.0625. The maximum absolute atomic E-state index is 5.64. The average molecular weight is 340 g/mol. The number of hydrogen-bond acceptors (Lipinski definition) is 4. The van der Waals surface area contributed by atoms with E-state index in [4.69, 9.17) is 4.74 Å². The van der Waals surface area contributed by atoms with Crippen molar-refractivity contribution in [2.24, 2.45) is 5.92 Å². The van der Waals surface area contributed by atoms with E-state index in [1.807, 2.05) is 0 Å². The zero-order valence-corrected chi connectivity index (χ0v) is 16.7. The first-order valence-corrected chi connectivity index (χ1v) is 10.3. The summed E-state index contributed by atoms with van der Waals surface area (Å²) >= 11 is 0. The van der Waals surface area contributed by atoms with Gasteiger partial charge in [0.1, 0.15) is 0 Å². The first-order valence-electron chi connectivity index (χ1n) is 10.3. The molecule has 0 amide bonds. The minimum atomic E-state index is 0.370. The van der Waals surface area contributed by atoms with E-state index in [2.05, 4.69) is 42.4 Å². The molecule has 2 heterocycles. The fraction of sp³-hybridized carbons (Fsp3) is 1.00. The lowest BCUT2D eigenvalue weighted by atomic mass is 9.92. The summed E-state index contributed by atoms with van der Waals surface area (Å²) in [5.74, 6) is 0.964. The molecule has 4 nitrogen and oxygen atoms in total. The molecule has 0 spiro atoms. The van der Waals surface area contributed by atoms with Crippen molar-refractivity contribution >= 4 is 0 Å². The summed E-state index contributed by atoms with van der Waals surface area (Å²) < 4.78 is 5.64. The highest BCUT2D eigenvalue weighted by atomic mass is 16.5. The quantitative estimate of drug-likeness (QED) is 0.601. The highest BCUT2D eigenvalue weighted by Gasteiger charge is 2.22. The van der Waals surface area contributed by atoms with Gasteiger partial charge in [0.2, 0.25) is 0 Å². The molecule has 0 N–H and O–H groups in total. The Morgan fingerprint density at radius 1 is 0.833 bits per heavy atom. The SMILES string of the molecule is CC(C)OCCCN1CCN(CCC2CCN(C(C)C)CC2)CC1. The van der Waals surface area contributed by atoms with Crippen LogP contribution in [0, 0.1) is 5.92 Å². The Labute approximate surface area is 150 Å². The Morgan fingerprint density at radius 3 is 1.96 bits per heavy atom. The number of piperidine rings is 1. The van der Waals surface area contributed by atoms with Crippen molar-refractivity contribution in [3.05, 3.63) is 0 Å². The van der Waals surface area contributed by atoms with E-state index in [0.29, 0.717) is 6.10 Å². The summed E-state index contributed by atoms with van der Waals surface area (Å²) in [4.78, 5) is 7.94. The Balaban J connectivity index is 1.51. The maximum Gasteiger partial charge on any atom is 0.0518 e. The largest absolute Gasteiger partial charge is 0.379 e. The molecule has 4 heteroatoms. The molecule has 24 heavy (non-hydrogen) atoms. The summed E-state index contributed by atoms with van der Waals surface area (Å²) in [5.41, 5.74) is 0. The van der Waals surface area contributed by atoms with Gasteiger partial charge in [-0.2, -0.15) is 0 Å². The molecule has 0 unspecified atom stereocenters. The molecule has 142 valence electrons. The van der Waals surface area contributed by atoms with Gasteiger partial charge in [0.25, 0.3) is 0 Å². The average Bonchev–Trinajstić information content (AvgIpc) is 2.58. The summed E-state index contributed by atoms with van der Waals surface area (Å²) in [6, 6.07) is 0.727. The Morgan fingerprint density at radius 2 is 1.42 bits per heavy atom. The van der Waals surface area contributed by atoms with E-state index in [-0.39, 0.29) is 0 Å². The third-order valence-electron chi connectivity index (χ3n) is 5.77. The van der Waals surface area contributed by atoms with Gasteiger partial charge in [0.05, 0.1) is 6.10 Å². The second-order valence-electron chi connectivity index (χ2n) is 8.32. The van der Waals surface area contributed by atoms with Gasteiger partial charge in [0, 0.05) is 45.4 Å². The second-order valence-corrected chi connectivity index (χ2v) is 8.32. The summed E-state index contributed by atoms with van der Waals surface area (Å²) in [6.07, 6.45) is 5.78. The molecule has 0 atom stereocenters. The first kappa shape index (κ1) is 20.2. The van der Waals surface area contributed by atoms with E-state index in [1.165, 1.54) is 78.0 Å². The summed E-state index contributed by atoms with van der Waals surface area (Å²) in [7, 11) is 0. The van der Waals surface area contributed by atoms with Gasteiger partial charge in [-0.1, -0.05) is 0 Å². The van der Waals surface area contributed by atoms with Crippen LogP contribution in [0.25, 0.3) is 0 Å². The molecule has 2 rings (SSSR count). The van der Waals surface area contributed by atoms with Crippen molar-refractivity contribution in [2.75, 3.05) is 59.0 Å². The molecular weight excluding hydrogens is 298 g/mol. The number of hydrogen-bond donors (Lipinski definition) is 0. The zero-order valence-electron chi connectivity index (χ0n) is 16.7. The summed E-state index contributed by atoms with van der Waals surface area (Å²) in [5, 5.41) is 0. The first-order chi connectivity index (χ1) is 11.5. The van der Waals surface area contributed by atoms with Crippen LogP contribution in [0.15, 0.2) is 0 Å². The van der Waals surface area contributed by atoms with Gasteiger partial charge in [-0.3, -0.25) is 0 Å². The highest BCUT2D eigenvalue weighted by molar-refractivity contribution is 4.77.